The second-order valence-electron chi connectivity index (χ2n) is 6.59. The molecule has 3 fully saturated rings. The quantitative estimate of drug-likeness (QED) is 0.824. The second kappa shape index (κ2) is 5.80. The summed E-state index contributed by atoms with van der Waals surface area (Å²) in [5.74, 6) is 2.78. The van der Waals surface area contributed by atoms with Crippen LogP contribution in [0.3, 0.4) is 0 Å². The predicted octanol–water partition coefficient (Wildman–Crippen LogP) is 0.551. The Labute approximate surface area is 130 Å². The molecule has 0 aromatic rings. The number of carbonyl (C=O) groups is 2. The van der Waals surface area contributed by atoms with Gasteiger partial charge < -0.3 is 10.2 Å². The second-order valence-corrected chi connectivity index (χ2v) is 7.82. The molecule has 0 bridgehead atoms. The maximum Gasteiger partial charge on any atom is 0.249 e. The maximum atomic E-state index is 12.8. The first-order valence-electron chi connectivity index (χ1n) is 7.95. The van der Waals surface area contributed by atoms with Crippen LogP contribution in [0, 0.1) is 5.92 Å². The van der Waals surface area contributed by atoms with Crippen LogP contribution >= 0.6 is 11.8 Å². The average Bonchev–Trinajstić information content (AvgIpc) is 3.31. The van der Waals surface area contributed by atoms with Crippen LogP contribution in [0.25, 0.3) is 0 Å². The summed E-state index contributed by atoms with van der Waals surface area (Å²) < 4.78 is 0. The molecule has 2 unspecified atom stereocenters. The van der Waals surface area contributed by atoms with Crippen molar-refractivity contribution in [2.24, 2.45) is 5.92 Å². The molecule has 118 valence electrons. The highest BCUT2D eigenvalue weighted by atomic mass is 32.2. The fourth-order valence-corrected chi connectivity index (χ4v) is 4.31. The molecule has 1 aliphatic carbocycles. The van der Waals surface area contributed by atoms with Crippen LogP contribution in [0.1, 0.15) is 26.7 Å². The van der Waals surface area contributed by atoms with E-state index in [1.54, 1.807) is 4.90 Å². The zero-order valence-electron chi connectivity index (χ0n) is 12.9. The number of nitrogens with zero attached hydrogens (tertiary/aromatic N) is 2. The Morgan fingerprint density at radius 3 is 2.52 bits per heavy atom. The largest absolute Gasteiger partial charge is 0.340 e. The zero-order chi connectivity index (χ0) is 15.0. The summed E-state index contributed by atoms with van der Waals surface area (Å²) in [4.78, 5) is 29.3. The lowest BCUT2D eigenvalue weighted by Crippen LogP contribution is -2.70. The average molecular weight is 311 g/mol. The number of hydrogen-bond acceptors (Lipinski definition) is 4. The lowest BCUT2D eigenvalue weighted by Gasteiger charge is -2.44. The van der Waals surface area contributed by atoms with Crippen LogP contribution in [0.5, 0.6) is 0 Å². The van der Waals surface area contributed by atoms with E-state index in [4.69, 9.17) is 0 Å². The van der Waals surface area contributed by atoms with Crippen molar-refractivity contribution >= 4 is 23.6 Å². The van der Waals surface area contributed by atoms with Gasteiger partial charge in [0, 0.05) is 37.7 Å². The molecule has 5 nitrogen and oxygen atoms in total. The summed E-state index contributed by atoms with van der Waals surface area (Å²) >= 11 is 1.99. The monoisotopic (exact) mass is 311 g/mol. The van der Waals surface area contributed by atoms with Crippen molar-refractivity contribution in [3.05, 3.63) is 0 Å². The van der Waals surface area contributed by atoms with Crippen LogP contribution in [0.15, 0.2) is 0 Å². The number of hydrogen-bond donors (Lipinski definition) is 1. The molecule has 3 rings (SSSR count). The summed E-state index contributed by atoms with van der Waals surface area (Å²) in [7, 11) is 0. The van der Waals surface area contributed by atoms with Crippen LogP contribution in [0.4, 0.5) is 0 Å². The van der Waals surface area contributed by atoms with Gasteiger partial charge in [0.1, 0.15) is 11.6 Å². The molecule has 2 amide bonds. The molecule has 3 aliphatic rings. The molecule has 6 heteroatoms. The Hall–Kier alpha value is -0.750. The van der Waals surface area contributed by atoms with Crippen molar-refractivity contribution in [2.75, 3.05) is 37.7 Å². The van der Waals surface area contributed by atoms with Crippen LogP contribution < -0.4 is 5.32 Å². The molecule has 2 saturated heterocycles. The lowest BCUT2D eigenvalue weighted by atomic mass is 9.89. The fourth-order valence-electron chi connectivity index (χ4n) is 3.34. The van der Waals surface area contributed by atoms with Gasteiger partial charge in [-0.1, -0.05) is 0 Å². The number of amides is 2. The van der Waals surface area contributed by atoms with Crippen molar-refractivity contribution < 1.29 is 9.59 Å². The summed E-state index contributed by atoms with van der Waals surface area (Å²) in [6.07, 6.45) is 2.10. The van der Waals surface area contributed by atoms with Gasteiger partial charge in [-0.25, -0.2) is 0 Å². The van der Waals surface area contributed by atoms with E-state index in [2.05, 4.69) is 10.2 Å². The van der Waals surface area contributed by atoms with E-state index in [0.29, 0.717) is 12.5 Å². The van der Waals surface area contributed by atoms with Crippen molar-refractivity contribution in [1.82, 2.24) is 15.1 Å². The predicted molar refractivity (Wildman–Crippen MR) is 84.2 cm³/mol. The van der Waals surface area contributed by atoms with Gasteiger partial charge in [-0.15, -0.1) is 0 Å². The maximum absolute atomic E-state index is 12.8. The third-order valence-corrected chi connectivity index (χ3v) is 6.03. The highest BCUT2D eigenvalue weighted by Crippen LogP contribution is 2.42. The van der Waals surface area contributed by atoms with Gasteiger partial charge in [-0.2, -0.15) is 11.8 Å². The smallest absolute Gasteiger partial charge is 0.249 e. The van der Waals surface area contributed by atoms with Crippen LogP contribution in [0.2, 0.25) is 0 Å². The minimum atomic E-state index is -0.665. The summed E-state index contributed by atoms with van der Waals surface area (Å²) in [6.45, 7) is 7.47. The van der Waals surface area contributed by atoms with Crippen molar-refractivity contribution in [1.29, 1.82) is 0 Å². The van der Waals surface area contributed by atoms with E-state index in [1.807, 2.05) is 25.6 Å². The first kappa shape index (κ1) is 15.2. The third-order valence-electron chi connectivity index (χ3n) is 5.09. The van der Waals surface area contributed by atoms with Crippen molar-refractivity contribution in [3.63, 3.8) is 0 Å². The van der Waals surface area contributed by atoms with E-state index in [0.717, 1.165) is 32.5 Å². The highest BCUT2D eigenvalue weighted by Gasteiger charge is 2.54. The Balaban J connectivity index is 1.66. The van der Waals surface area contributed by atoms with Gasteiger partial charge in [-0.3, -0.25) is 14.5 Å². The molecule has 2 heterocycles. The Kier molecular flexibility index (Phi) is 4.19. The topological polar surface area (TPSA) is 52.7 Å². The fraction of sp³-hybridized carbons (Fsp3) is 0.867. The molecular formula is C15H25N3O2S. The summed E-state index contributed by atoms with van der Waals surface area (Å²) in [5.41, 5.74) is -0.665. The number of piperazine rings is 1. The molecule has 0 aromatic carbocycles. The first-order valence-corrected chi connectivity index (χ1v) is 9.11. The summed E-state index contributed by atoms with van der Waals surface area (Å²) in [5, 5.41) is 2.98. The number of carbonyl (C=O) groups excluding carboxylic acids is 2. The Morgan fingerprint density at radius 1 is 1.24 bits per heavy atom. The molecule has 2 atom stereocenters. The van der Waals surface area contributed by atoms with Crippen LogP contribution in [-0.4, -0.2) is 70.9 Å². The van der Waals surface area contributed by atoms with Gasteiger partial charge >= 0.3 is 0 Å². The Bertz CT molecular complexity index is 435. The SMILES string of the molecule is CC1C(=O)NC(C)(C2CC2)C(=O)N1CCN1CCSCC1. The van der Waals surface area contributed by atoms with Crippen molar-refractivity contribution in [2.45, 2.75) is 38.3 Å². The van der Waals surface area contributed by atoms with E-state index in [-0.39, 0.29) is 17.9 Å². The Morgan fingerprint density at radius 2 is 1.90 bits per heavy atom. The van der Waals surface area contributed by atoms with E-state index in [9.17, 15) is 9.59 Å². The molecule has 1 N–H and O–H groups in total. The standard InChI is InChI=1S/C15H25N3O2S/c1-11-13(19)16-15(2,12-3-4-12)14(20)18(11)6-5-17-7-9-21-10-8-17/h11-12H,3-10H2,1-2H3,(H,16,19). The van der Waals surface area contributed by atoms with Crippen molar-refractivity contribution in [3.8, 4) is 0 Å². The minimum Gasteiger partial charge on any atom is -0.340 e. The van der Waals surface area contributed by atoms with Gasteiger partial charge in [0.25, 0.3) is 0 Å². The lowest BCUT2D eigenvalue weighted by molar-refractivity contribution is -0.154. The van der Waals surface area contributed by atoms with Gasteiger partial charge in [0.05, 0.1) is 0 Å². The van der Waals surface area contributed by atoms with Gasteiger partial charge in [0.15, 0.2) is 0 Å². The van der Waals surface area contributed by atoms with E-state index >= 15 is 0 Å². The molecule has 0 aromatic heterocycles. The highest BCUT2D eigenvalue weighted by molar-refractivity contribution is 7.99. The number of nitrogens with one attached hydrogen (secondary N) is 1. The molecule has 0 radical (unpaired) electrons. The third kappa shape index (κ3) is 2.93. The minimum absolute atomic E-state index is 0.00167. The van der Waals surface area contributed by atoms with Gasteiger partial charge in [-0.05, 0) is 32.6 Å². The van der Waals surface area contributed by atoms with E-state index < -0.39 is 5.54 Å². The molecule has 21 heavy (non-hydrogen) atoms. The molecular weight excluding hydrogens is 286 g/mol. The van der Waals surface area contributed by atoms with Gasteiger partial charge in [0.2, 0.25) is 11.8 Å². The van der Waals surface area contributed by atoms with Crippen LogP contribution in [-0.2, 0) is 9.59 Å². The summed E-state index contributed by atoms with van der Waals surface area (Å²) in [6, 6.07) is -0.344. The zero-order valence-corrected chi connectivity index (χ0v) is 13.7. The number of thioether (sulfide) groups is 1. The molecule has 1 saturated carbocycles. The molecule has 2 aliphatic heterocycles. The number of rotatable bonds is 4. The molecule has 0 spiro atoms. The van der Waals surface area contributed by atoms with E-state index in [1.165, 1.54) is 11.5 Å². The first-order chi connectivity index (χ1) is 10.0. The normalized spacial score (nSPS) is 35.0.